The quantitative estimate of drug-likeness (QED) is 0.883. The average Bonchev–Trinajstić information content (AvgIpc) is 2.74. The van der Waals surface area contributed by atoms with Crippen molar-refractivity contribution in [2.45, 2.75) is 25.8 Å². The number of hydrogen-bond acceptors (Lipinski definition) is 3. The molecule has 2 unspecified atom stereocenters. The van der Waals surface area contributed by atoms with Crippen molar-refractivity contribution >= 4 is 29.7 Å². The van der Waals surface area contributed by atoms with Crippen LogP contribution < -0.4 is 10.6 Å². The number of rotatable bonds is 3. The Kier molecular flexibility index (Phi) is 5.95. The first-order valence-corrected chi connectivity index (χ1v) is 6.71. The molecule has 1 amide bonds. The Balaban J connectivity index is 0.00000144. The highest BCUT2D eigenvalue weighted by Crippen LogP contribution is 2.12. The molecule has 0 saturated carbocycles. The maximum absolute atomic E-state index is 11.8. The molecule has 0 spiro atoms. The SMILES string of the molecule is CC1CCNCC1NC(=O)Cc1ccsc1.Cl. The van der Waals surface area contributed by atoms with Gasteiger partial charge in [-0.25, -0.2) is 0 Å². The molecule has 96 valence electrons. The lowest BCUT2D eigenvalue weighted by atomic mass is 9.94. The summed E-state index contributed by atoms with van der Waals surface area (Å²) < 4.78 is 0. The first kappa shape index (κ1) is 14.5. The third-order valence-corrected chi connectivity index (χ3v) is 3.85. The smallest absolute Gasteiger partial charge is 0.224 e. The summed E-state index contributed by atoms with van der Waals surface area (Å²) in [5.41, 5.74) is 1.11. The van der Waals surface area contributed by atoms with E-state index in [0.717, 1.165) is 25.1 Å². The van der Waals surface area contributed by atoms with Gasteiger partial charge in [-0.2, -0.15) is 11.3 Å². The topological polar surface area (TPSA) is 41.1 Å². The van der Waals surface area contributed by atoms with Gasteiger partial charge in [0.25, 0.3) is 0 Å². The van der Waals surface area contributed by atoms with Crippen LogP contribution in [0.3, 0.4) is 0 Å². The number of thiophene rings is 1. The first-order valence-electron chi connectivity index (χ1n) is 5.77. The highest BCUT2D eigenvalue weighted by molar-refractivity contribution is 7.07. The zero-order chi connectivity index (χ0) is 11.4. The van der Waals surface area contributed by atoms with Crippen molar-refractivity contribution in [1.82, 2.24) is 10.6 Å². The minimum atomic E-state index is 0. The van der Waals surface area contributed by atoms with Crippen LogP contribution in [0.1, 0.15) is 18.9 Å². The molecule has 1 aliphatic heterocycles. The normalized spacial score (nSPS) is 23.8. The predicted octanol–water partition coefficient (Wildman–Crippen LogP) is 1.83. The summed E-state index contributed by atoms with van der Waals surface area (Å²) >= 11 is 1.64. The van der Waals surface area contributed by atoms with Gasteiger partial charge in [-0.05, 0) is 41.3 Å². The van der Waals surface area contributed by atoms with E-state index in [1.807, 2.05) is 16.8 Å². The second-order valence-corrected chi connectivity index (χ2v) is 5.23. The summed E-state index contributed by atoms with van der Waals surface area (Å²) in [6.07, 6.45) is 1.65. The molecule has 2 N–H and O–H groups in total. The van der Waals surface area contributed by atoms with Gasteiger partial charge in [0.2, 0.25) is 5.91 Å². The van der Waals surface area contributed by atoms with Gasteiger partial charge in [-0.15, -0.1) is 12.4 Å². The van der Waals surface area contributed by atoms with Gasteiger partial charge < -0.3 is 10.6 Å². The van der Waals surface area contributed by atoms with Crippen LogP contribution in [0, 0.1) is 5.92 Å². The Labute approximate surface area is 112 Å². The van der Waals surface area contributed by atoms with E-state index >= 15 is 0 Å². The molecule has 0 bridgehead atoms. The van der Waals surface area contributed by atoms with Gasteiger partial charge in [0.15, 0.2) is 0 Å². The number of amides is 1. The van der Waals surface area contributed by atoms with Crippen LogP contribution in [0.5, 0.6) is 0 Å². The monoisotopic (exact) mass is 274 g/mol. The number of nitrogens with one attached hydrogen (secondary N) is 2. The third-order valence-electron chi connectivity index (χ3n) is 3.12. The molecule has 5 heteroatoms. The Morgan fingerprint density at radius 3 is 3.12 bits per heavy atom. The summed E-state index contributed by atoms with van der Waals surface area (Å²) in [7, 11) is 0. The van der Waals surface area contributed by atoms with Crippen LogP contribution in [0.4, 0.5) is 0 Å². The van der Waals surface area contributed by atoms with Crippen molar-refractivity contribution in [1.29, 1.82) is 0 Å². The van der Waals surface area contributed by atoms with E-state index in [4.69, 9.17) is 0 Å². The van der Waals surface area contributed by atoms with Gasteiger partial charge in [-0.1, -0.05) is 6.92 Å². The molecule has 0 aliphatic carbocycles. The van der Waals surface area contributed by atoms with Crippen molar-refractivity contribution in [3.8, 4) is 0 Å². The standard InChI is InChI=1S/C12H18N2OS.ClH/c1-9-2-4-13-7-11(9)14-12(15)6-10-3-5-16-8-10;/h3,5,8-9,11,13H,2,4,6-7H2,1H3,(H,14,15);1H. The maximum atomic E-state index is 11.8. The highest BCUT2D eigenvalue weighted by Gasteiger charge is 2.22. The van der Waals surface area contributed by atoms with Crippen molar-refractivity contribution in [3.63, 3.8) is 0 Å². The molecule has 2 atom stereocenters. The van der Waals surface area contributed by atoms with Crippen LogP contribution in [-0.2, 0) is 11.2 Å². The van der Waals surface area contributed by atoms with Crippen molar-refractivity contribution in [3.05, 3.63) is 22.4 Å². The van der Waals surface area contributed by atoms with E-state index in [0.29, 0.717) is 18.4 Å². The lowest BCUT2D eigenvalue weighted by molar-refractivity contribution is -0.121. The predicted molar refractivity (Wildman–Crippen MR) is 73.9 cm³/mol. The molecule has 2 rings (SSSR count). The Bertz CT molecular complexity index is 342. The van der Waals surface area contributed by atoms with E-state index in [2.05, 4.69) is 17.6 Å². The van der Waals surface area contributed by atoms with Gasteiger partial charge in [0.05, 0.1) is 6.42 Å². The number of halogens is 1. The molecule has 1 fully saturated rings. The fourth-order valence-electron chi connectivity index (χ4n) is 2.02. The summed E-state index contributed by atoms with van der Waals surface area (Å²) in [6, 6.07) is 2.30. The van der Waals surface area contributed by atoms with E-state index in [1.165, 1.54) is 0 Å². The molecule has 17 heavy (non-hydrogen) atoms. The summed E-state index contributed by atoms with van der Waals surface area (Å²) in [5, 5.41) is 10.5. The minimum absolute atomic E-state index is 0. The number of hydrogen-bond donors (Lipinski definition) is 2. The molecular formula is C12H19ClN2OS. The fourth-order valence-corrected chi connectivity index (χ4v) is 2.69. The molecule has 1 aromatic rings. The zero-order valence-electron chi connectivity index (χ0n) is 9.94. The summed E-state index contributed by atoms with van der Waals surface area (Å²) in [4.78, 5) is 11.8. The average molecular weight is 275 g/mol. The lowest BCUT2D eigenvalue weighted by Gasteiger charge is -2.30. The number of carbonyl (C=O) groups is 1. The van der Waals surface area contributed by atoms with Crippen LogP contribution in [0.2, 0.25) is 0 Å². The van der Waals surface area contributed by atoms with Crippen molar-refractivity contribution in [2.75, 3.05) is 13.1 Å². The molecule has 0 aromatic carbocycles. The molecule has 1 aliphatic rings. The maximum Gasteiger partial charge on any atom is 0.224 e. The summed E-state index contributed by atoms with van der Waals surface area (Å²) in [5.74, 6) is 0.714. The molecule has 1 aromatic heterocycles. The van der Waals surface area contributed by atoms with Crippen molar-refractivity contribution < 1.29 is 4.79 Å². The first-order chi connectivity index (χ1) is 7.75. The van der Waals surface area contributed by atoms with E-state index < -0.39 is 0 Å². The van der Waals surface area contributed by atoms with Crippen LogP contribution in [-0.4, -0.2) is 25.0 Å². The van der Waals surface area contributed by atoms with Crippen LogP contribution in [0.15, 0.2) is 16.8 Å². The second-order valence-electron chi connectivity index (χ2n) is 4.45. The van der Waals surface area contributed by atoms with Crippen molar-refractivity contribution in [2.24, 2.45) is 5.92 Å². The highest BCUT2D eigenvalue weighted by atomic mass is 35.5. The molecule has 0 radical (unpaired) electrons. The Morgan fingerprint density at radius 1 is 1.65 bits per heavy atom. The number of carbonyl (C=O) groups excluding carboxylic acids is 1. The minimum Gasteiger partial charge on any atom is -0.352 e. The van der Waals surface area contributed by atoms with Gasteiger partial charge in [0, 0.05) is 12.6 Å². The van der Waals surface area contributed by atoms with Gasteiger partial charge in [0.1, 0.15) is 0 Å². The number of piperidine rings is 1. The van der Waals surface area contributed by atoms with Gasteiger partial charge >= 0.3 is 0 Å². The zero-order valence-corrected chi connectivity index (χ0v) is 11.6. The van der Waals surface area contributed by atoms with Gasteiger partial charge in [-0.3, -0.25) is 4.79 Å². The molecule has 2 heterocycles. The van der Waals surface area contributed by atoms with Crippen LogP contribution >= 0.6 is 23.7 Å². The fraction of sp³-hybridized carbons (Fsp3) is 0.583. The van der Waals surface area contributed by atoms with E-state index in [1.54, 1.807) is 11.3 Å². The van der Waals surface area contributed by atoms with Crippen LogP contribution in [0.25, 0.3) is 0 Å². The molecular weight excluding hydrogens is 256 g/mol. The van der Waals surface area contributed by atoms with E-state index in [-0.39, 0.29) is 18.3 Å². The Hall–Kier alpha value is -0.580. The summed E-state index contributed by atoms with van der Waals surface area (Å²) in [6.45, 7) is 4.17. The molecule has 3 nitrogen and oxygen atoms in total. The Morgan fingerprint density at radius 2 is 2.47 bits per heavy atom. The second kappa shape index (κ2) is 6.99. The molecule has 1 saturated heterocycles. The lowest BCUT2D eigenvalue weighted by Crippen LogP contribution is -2.50. The largest absolute Gasteiger partial charge is 0.352 e. The third kappa shape index (κ3) is 4.30. The van der Waals surface area contributed by atoms with E-state index in [9.17, 15) is 4.79 Å².